The summed E-state index contributed by atoms with van der Waals surface area (Å²) in [5.74, 6) is 0.0776. The Labute approximate surface area is 173 Å². The first-order valence-corrected chi connectivity index (χ1v) is 9.37. The molecule has 1 amide bonds. The summed E-state index contributed by atoms with van der Waals surface area (Å²) >= 11 is 6.11. The van der Waals surface area contributed by atoms with Crippen LogP contribution in [0.5, 0.6) is 5.75 Å². The number of aryl methyl sites for hydroxylation is 1. The molecule has 3 rings (SSSR count). The Bertz CT molecular complexity index is 1040. The van der Waals surface area contributed by atoms with Crippen molar-refractivity contribution in [1.29, 1.82) is 0 Å². The second kappa shape index (κ2) is 8.92. The van der Waals surface area contributed by atoms with E-state index in [4.69, 9.17) is 16.3 Å². The lowest BCUT2D eigenvalue weighted by Crippen LogP contribution is -2.10. The van der Waals surface area contributed by atoms with Crippen LogP contribution in [-0.4, -0.2) is 22.8 Å². The molecule has 29 heavy (non-hydrogen) atoms. The van der Waals surface area contributed by atoms with E-state index in [0.717, 1.165) is 11.3 Å². The fraction of sp³-hybridized carbons (Fsp3) is 0.182. The number of hydrogen-bond acceptors (Lipinski definition) is 3. The molecule has 150 valence electrons. The lowest BCUT2D eigenvalue weighted by atomic mass is 10.2. The second-order valence-corrected chi connectivity index (χ2v) is 6.91. The van der Waals surface area contributed by atoms with Crippen molar-refractivity contribution in [1.82, 2.24) is 9.78 Å². The molecule has 0 radical (unpaired) electrons. The quantitative estimate of drug-likeness (QED) is 0.578. The van der Waals surface area contributed by atoms with Gasteiger partial charge in [0.2, 0.25) is 5.91 Å². The molecule has 2 aromatic carbocycles. The second-order valence-electron chi connectivity index (χ2n) is 6.50. The minimum absolute atomic E-state index is 0.176. The van der Waals surface area contributed by atoms with Crippen LogP contribution in [0.2, 0.25) is 5.02 Å². The Morgan fingerprint density at radius 2 is 1.97 bits per heavy atom. The molecule has 0 unspecified atom stereocenters. The zero-order valence-corrected chi connectivity index (χ0v) is 17.1. The van der Waals surface area contributed by atoms with Crippen molar-refractivity contribution in [2.75, 3.05) is 12.4 Å². The first-order valence-electron chi connectivity index (χ1n) is 8.99. The van der Waals surface area contributed by atoms with Crippen molar-refractivity contribution in [3.8, 4) is 5.75 Å². The normalized spacial score (nSPS) is 11.1. The Morgan fingerprint density at radius 3 is 2.62 bits per heavy atom. The number of nitrogens with zero attached hydrogens (tertiary/aromatic N) is 2. The molecule has 0 aliphatic carbocycles. The Hall–Kier alpha value is -3.12. The number of amides is 1. The number of benzene rings is 2. The van der Waals surface area contributed by atoms with E-state index in [-0.39, 0.29) is 12.5 Å². The van der Waals surface area contributed by atoms with Crippen LogP contribution in [0.1, 0.15) is 22.5 Å². The zero-order chi connectivity index (χ0) is 21.0. The van der Waals surface area contributed by atoms with Gasteiger partial charge in [0.05, 0.1) is 30.7 Å². The summed E-state index contributed by atoms with van der Waals surface area (Å²) in [6.45, 7) is 3.78. The molecule has 0 fully saturated rings. The smallest absolute Gasteiger partial charge is 0.248 e. The summed E-state index contributed by atoms with van der Waals surface area (Å²) in [6.07, 6.45) is 3.16. The molecule has 0 aliphatic rings. The van der Waals surface area contributed by atoms with Gasteiger partial charge in [0.15, 0.2) is 0 Å². The van der Waals surface area contributed by atoms with Crippen LogP contribution in [0.25, 0.3) is 6.08 Å². The van der Waals surface area contributed by atoms with Crippen molar-refractivity contribution < 1.29 is 13.9 Å². The molecule has 1 aromatic heterocycles. The fourth-order valence-corrected chi connectivity index (χ4v) is 3.14. The van der Waals surface area contributed by atoms with Crippen LogP contribution in [0.15, 0.2) is 48.5 Å². The Kier molecular flexibility index (Phi) is 6.34. The Balaban J connectivity index is 1.74. The average Bonchev–Trinajstić information content (AvgIpc) is 2.97. The third kappa shape index (κ3) is 4.84. The lowest BCUT2D eigenvalue weighted by molar-refractivity contribution is -0.111. The number of anilines is 1. The highest BCUT2D eigenvalue weighted by Crippen LogP contribution is 2.24. The van der Waals surface area contributed by atoms with Gasteiger partial charge in [-0.2, -0.15) is 5.10 Å². The fourth-order valence-electron chi connectivity index (χ4n) is 2.92. The molecule has 0 bridgehead atoms. The van der Waals surface area contributed by atoms with Gasteiger partial charge in [-0.25, -0.2) is 4.39 Å². The highest BCUT2D eigenvalue weighted by Gasteiger charge is 2.16. The zero-order valence-electron chi connectivity index (χ0n) is 16.4. The molecule has 0 atom stereocenters. The minimum atomic E-state index is -0.391. The molecule has 1 N–H and O–H groups in total. The van der Waals surface area contributed by atoms with Crippen molar-refractivity contribution in [2.45, 2.75) is 20.4 Å². The van der Waals surface area contributed by atoms with Gasteiger partial charge in [-0.3, -0.25) is 9.48 Å². The molecule has 0 spiro atoms. The molecule has 7 heteroatoms. The third-order valence-electron chi connectivity index (χ3n) is 4.54. The number of ether oxygens (including phenoxy) is 1. The largest absolute Gasteiger partial charge is 0.497 e. The molecular weight excluding hydrogens is 393 g/mol. The van der Waals surface area contributed by atoms with Crippen LogP contribution >= 0.6 is 11.6 Å². The van der Waals surface area contributed by atoms with Gasteiger partial charge in [0.25, 0.3) is 0 Å². The van der Waals surface area contributed by atoms with Crippen LogP contribution in [0, 0.1) is 19.7 Å². The van der Waals surface area contributed by atoms with Crippen LogP contribution in [-0.2, 0) is 11.3 Å². The van der Waals surface area contributed by atoms with Gasteiger partial charge < -0.3 is 10.1 Å². The van der Waals surface area contributed by atoms with Crippen LogP contribution in [0.3, 0.4) is 0 Å². The predicted molar refractivity (Wildman–Crippen MR) is 113 cm³/mol. The first kappa shape index (κ1) is 20.6. The topological polar surface area (TPSA) is 56.1 Å². The van der Waals surface area contributed by atoms with E-state index in [0.29, 0.717) is 27.7 Å². The van der Waals surface area contributed by atoms with E-state index >= 15 is 0 Å². The number of halogens is 2. The number of hydrogen-bond donors (Lipinski definition) is 1. The molecule has 0 aliphatic heterocycles. The standard InChI is InChI=1S/C22H21ClFN3O2/c1-14-22(25-21(28)12-9-16-7-10-17(29-3)11-8-16)15(2)27(26-14)13-18-19(23)5-4-6-20(18)24/h4-12H,13H2,1-3H3,(H,25,28)/b12-9-. The lowest BCUT2D eigenvalue weighted by Gasteiger charge is -2.08. The van der Waals surface area contributed by atoms with Gasteiger partial charge in [-0.05, 0) is 49.8 Å². The molecule has 3 aromatic rings. The minimum Gasteiger partial charge on any atom is -0.497 e. The summed E-state index contributed by atoms with van der Waals surface area (Å²) < 4.78 is 20.8. The highest BCUT2D eigenvalue weighted by atomic mass is 35.5. The number of aromatic nitrogens is 2. The number of nitrogens with one attached hydrogen (secondary N) is 1. The number of rotatable bonds is 6. The summed E-state index contributed by atoms with van der Waals surface area (Å²) in [5, 5.41) is 7.60. The third-order valence-corrected chi connectivity index (χ3v) is 4.90. The maximum absolute atomic E-state index is 14.1. The van der Waals surface area contributed by atoms with Gasteiger partial charge in [-0.1, -0.05) is 29.8 Å². The van der Waals surface area contributed by atoms with Gasteiger partial charge in [0, 0.05) is 16.7 Å². The summed E-state index contributed by atoms with van der Waals surface area (Å²) in [4.78, 5) is 12.3. The van der Waals surface area contributed by atoms with E-state index in [1.807, 2.05) is 31.2 Å². The van der Waals surface area contributed by atoms with Crippen molar-refractivity contribution in [3.63, 3.8) is 0 Å². The number of carbonyl (C=O) groups excluding carboxylic acids is 1. The van der Waals surface area contributed by atoms with E-state index in [1.165, 1.54) is 12.1 Å². The van der Waals surface area contributed by atoms with Gasteiger partial charge >= 0.3 is 0 Å². The monoisotopic (exact) mass is 413 g/mol. The van der Waals surface area contributed by atoms with Crippen molar-refractivity contribution in [2.24, 2.45) is 0 Å². The summed E-state index contributed by atoms with van der Waals surface area (Å²) in [6, 6.07) is 11.9. The van der Waals surface area contributed by atoms with E-state index in [2.05, 4.69) is 10.4 Å². The summed E-state index contributed by atoms with van der Waals surface area (Å²) in [7, 11) is 1.60. The van der Waals surface area contributed by atoms with Crippen LogP contribution in [0.4, 0.5) is 10.1 Å². The predicted octanol–water partition coefficient (Wildman–Crippen LogP) is 5.00. The van der Waals surface area contributed by atoms with Gasteiger partial charge in [-0.15, -0.1) is 0 Å². The van der Waals surface area contributed by atoms with Crippen LogP contribution < -0.4 is 10.1 Å². The molecule has 0 saturated heterocycles. The van der Waals surface area contributed by atoms with E-state index < -0.39 is 5.82 Å². The van der Waals surface area contributed by atoms with E-state index in [9.17, 15) is 9.18 Å². The Morgan fingerprint density at radius 1 is 1.24 bits per heavy atom. The van der Waals surface area contributed by atoms with Crippen molar-refractivity contribution >= 4 is 29.3 Å². The summed E-state index contributed by atoms with van der Waals surface area (Å²) in [5.41, 5.74) is 3.19. The average molecular weight is 414 g/mol. The molecule has 0 saturated carbocycles. The first-order chi connectivity index (χ1) is 13.9. The van der Waals surface area contributed by atoms with E-state index in [1.54, 1.807) is 36.9 Å². The highest BCUT2D eigenvalue weighted by molar-refractivity contribution is 6.31. The van der Waals surface area contributed by atoms with Gasteiger partial charge in [0.1, 0.15) is 11.6 Å². The maximum Gasteiger partial charge on any atom is 0.248 e. The molecular formula is C22H21ClFN3O2. The maximum atomic E-state index is 14.1. The van der Waals surface area contributed by atoms with Crippen molar-refractivity contribution in [3.05, 3.63) is 81.9 Å². The SMILES string of the molecule is COc1ccc(/C=C\C(=O)Nc2c(C)nn(Cc3c(F)cccc3Cl)c2C)cc1. The number of carbonyl (C=O) groups is 1. The molecule has 5 nitrogen and oxygen atoms in total. The number of methoxy groups -OCH3 is 1. The molecule has 1 heterocycles.